The van der Waals surface area contributed by atoms with Gasteiger partial charge in [-0.25, -0.2) is 0 Å². The Bertz CT molecular complexity index is 2410. The van der Waals surface area contributed by atoms with E-state index in [1.807, 2.05) is 0 Å². The number of rotatable bonds is 7. The molecule has 0 unspecified atom stereocenters. The molecular weight excluding hydrogens is 601 g/mol. The fourth-order valence-corrected chi connectivity index (χ4v) is 7.47. The molecule has 0 saturated heterocycles. The summed E-state index contributed by atoms with van der Waals surface area (Å²) >= 11 is 0. The number of aromatic nitrogens is 1. The van der Waals surface area contributed by atoms with E-state index in [0.717, 1.165) is 0 Å². The molecule has 234 valence electrons. The van der Waals surface area contributed by atoms with Crippen molar-refractivity contribution in [3.8, 4) is 39.1 Å². The molecule has 0 bridgehead atoms. The van der Waals surface area contributed by atoms with Crippen LogP contribution in [-0.2, 0) is 0 Å². The van der Waals surface area contributed by atoms with Crippen molar-refractivity contribution < 1.29 is 0 Å². The maximum atomic E-state index is 2.39. The van der Waals surface area contributed by atoms with Crippen molar-refractivity contribution in [3.05, 3.63) is 206 Å². The molecular formula is C48H34BN. The van der Waals surface area contributed by atoms with E-state index in [-0.39, 0.29) is 6.71 Å². The van der Waals surface area contributed by atoms with Gasteiger partial charge in [0.15, 0.2) is 0 Å². The quantitative estimate of drug-likeness (QED) is 0.154. The van der Waals surface area contributed by atoms with Gasteiger partial charge >= 0.3 is 0 Å². The second-order valence-corrected chi connectivity index (χ2v) is 13.0. The van der Waals surface area contributed by atoms with Crippen LogP contribution in [0.4, 0.5) is 0 Å². The summed E-state index contributed by atoms with van der Waals surface area (Å²) in [6, 6.07) is 74.9. The van der Waals surface area contributed by atoms with Crippen LogP contribution in [-0.4, -0.2) is 11.3 Å². The van der Waals surface area contributed by atoms with E-state index in [2.05, 4.69) is 211 Å². The molecule has 0 aliphatic carbocycles. The van der Waals surface area contributed by atoms with Crippen molar-refractivity contribution in [2.45, 2.75) is 0 Å². The van der Waals surface area contributed by atoms with Crippen molar-refractivity contribution in [2.75, 3.05) is 0 Å². The first-order chi connectivity index (χ1) is 24.8. The lowest BCUT2D eigenvalue weighted by molar-refractivity contribution is 1.18. The molecule has 0 amide bonds. The van der Waals surface area contributed by atoms with Gasteiger partial charge in [0.2, 0.25) is 6.71 Å². The molecule has 0 radical (unpaired) electrons. The van der Waals surface area contributed by atoms with Crippen molar-refractivity contribution in [3.63, 3.8) is 0 Å². The van der Waals surface area contributed by atoms with Crippen molar-refractivity contribution in [1.29, 1.82) is 0 Å². The summed E-state index contributed by atoms with van der Waals surface area (Å²) in [5.74, 6) is 0. The molecule has 0 aliphatic rings. The first-order valence-electron chi connectivity index (χ1n) is 17.3. The molecule has 2 heteroatoms. The third-order valence-electron chi connectivity index (χ3n) is 9.96. The van der Waals surface area contributed by atoms with E-state index in [1.54, 1.807) is 0 Å². The Morgan fingerprint density at radius 3 is 1.10 bits per heavy atom. The summed E-state index contributed by atoms with van der Waals surface area (Å²) in [6.45, 7) is 0.0997. The second-order valence-electron chi connectivity index (χ2n) is 13.0. The molecule has 1 heterocycles. The van der Waals surface area contributed by atoms with Crippen LogP contribution < -0.4 is 16.4 Å². The smallest absolute Gasteiger partial charge is 0.241 e. The molecule has 9 rings (SSSR count). The van der Waals surface area contributed by atoms with E-state index in [4.69, 9.17) is 0 Å². The number of benzene rings is 8. The van der Waals surface area contributed by atoms with Gasteiger partial charge < -0.3 is 4.57 Å². The largest absolute Gasteiger partial charge is 0.309 e. The van der Waals surface area contributed by atoms with Gasteiger partial charge in [-0.1, -0.05) is 198 Å². The van der Waals surface area contributed by atoms with Crippen LogP contribution in [0.2, 0.25) is 0 Å². The van der Waals surface area contributed by atoms with E-state index < -0.39 is 0 Å². The standard InChI is InChI=1S/C48H34BN/c1-3-12-35(13-4-1)37-22-28-41(29-23-37)49(42-30-24-38(25-31-42)36-14-5-2-6-15-36)43-32-26-39(27-33-43)40-16-11-17-44(34-40)50-47-20-9-7-18-45(47)46-19-8-10-21-48(46)50/h1-34H. The van der Waals surface area contributed by atoms with Gasteiger partial charge in [-0.3, -0.25) is 0 Å². The van der Waals surface area contributed by atoms with Gasteiger partial charge in [-0.2, -0.15) is 0 Å². The molecule has 1 nitrogen and oxygen atoms in total. The fraction of sp³-hybridized carbons (Fsp3) is 0. The van der Waals surface area contributed by atoms with Crippen LogP contribution in [0.5, 0.6) is 0 Å². The molecule has 0 N–H and O–H groups in total. The normalized spacial score (nSPS) is 11.2. The minimum Gasteiger partial charge on any atom is -0.309 e. The van der Waals surface area contributed by atoms with E-state index in [9.17, 15) is 0 Å². The number of hydrogen-bond donors (Lipinski definition) is 0. The molecule has 0 fully saturated rings. The van der Waals surface area contributed by atoms with Crippen molar-refractivity contribution >= 4 is 44.9 Å². The fourth-order valence-electron chi connectivity index (χ4n) is 7.47. The predicted molar refractivity (Wildman–Crippen MR) is 215 cm³/mol. The van der Waals surface area contributed by atoms with Gasteiger partial charge in [-0.15, -0.1) is 0 Å². The average Bonchev–Trinajstić information content (AvgIpc) is 3.54. The third kappa shape index (κ3) is 5.51. The lowest BCUT2D eigenvalue weighted by Crippen LogP contribution is -2.51. The number of para-hydroxylation sites is 2. The topological polar surface area (TPSA) is 4.93 Å². The zero-order chi connectivity index (χ0) is 33.3. The van der Waals surface area contributed by atoms with Gasteiger partial charge in [0.05, 0.1) is 11.0 Å². The van der Waals surface area contributed by atoms with Crippen LogP contribution in [0.3, 0.4) is 0 Å². The highest BCUT2D eigenvalue weighted by atomic mass is 15.0. The summed E-state index contributed by atoms with van der Waals surface area (Å²) in [5.41, 5.74) is 14.8. The van der Waals surface area contributed by atoms with Gasteiger partial charge in [0.25, 0.3) is 0 Å². The minimum atomic E-state index is 0.0997. The highest BCUT2D eigenvalue weighted by Crippen LogP contribution is 2.33. The summed E-state index contributed by atoms with van der Waals surface area (Å²) in [7, 11) is 0. The Kier molecular flexibility index (Phi) is 7.68. The van der Waals surface area contributed by atoms with Crippen molar-refractivity contribution in [1.82, 2.24) is 4.57 Å². The van der Waals surface area contributed by atoms with Gasteiger partial charge in [0, 0.05) is 16.5 Å². The van der Waals surface area contributed by atoms with E-state index >= 15 is 0 Å². The molecule has 0 atom stereocenters. The van der Waals surface area contributed by atoms with Gasteiger partial charge in [0.1, 0.15) is 0 Å². The Hall–Kier alpha value is -6.38. The molecule has 9 aromatic rings. The van der Waals surface area contributed by atoms with Crippen LogP contribution >= 0.6 is 0 Å². The Morgan fingerprint density at radius 2 is 0.640 bits per heavy atom. The zero-order valence-corrected chi connectivity index (χ0v) is 27.7. The monoisotopic (exact) mass is 635 g/mol. The molecule has 0 saturated carbocycles. The van der Waals surface area contributed by atoms with Crippen LogP contribution in [0.15, 0.2) is 206 Å². The molecule has 0 aliphatic heterocycles. The molecule has 1 aromatic heterocycles. The van der Waals surface area contributed by atoms with Gasteiger partial charge in [-0.05, 0) is 57.6 Å². The van der Waals surface area contributed by atoms with E-state index in [1.165, 1.54) is 77.3 Å². The first-order valence-corrected chi connectivity index (χ1v) is 17.3. The predicted octanol–water partition coefficient (Wildman–Crippen LogP) is 10.3. The highest BCUT2D eigenvalue weighted by molar-refractivity contribution is 6.95. The Labute approximate surface area is 293 Å². The third-order valence-corrected chi connectivity index (χ3v) is 9.96. The molecule has 8 aromatic carbocycles. The molecule has 50 heavy (non-hydrogen) atoms. The second kappa shape index (κ2) is 12.9. The average molecular weight is 636 g/mol. The Morgan fingerprint density at radius 1 is 0.280 bits per heavy atom. The maximum Gasteiger partial charge on any atom is 0.241 e. The number of fused-ring (bicyclic) bond motifs is 3. The minimum absolute atomic E-state index is 0.0997. The summed E-state index contributed by atoms with van der Waals surface area (Å²) in [4.78, 5) is 0. The van der Waals surface area contributed by atoms with E-state index in [0.29, 0.717) is 0 Å². The van der Waals surface area contributed by atoms with Crippen LogP contribution in [0, 0.1) is 0 Å². The SMILES string of the molecule is c1ccc(-c2ccc(B(c3ccc(-c4ccccc4)cc3)c3ccc(-c4cccc(-n5c6ccccc6c6ccccc65)c4)cc3)cc2)cc1. The zero-order valence-electron chi connectivity index (χ0n) is 27.7. The van der Waals surface area contributed by atoms with Crippen LogP contribution in [0.1, 0.15) is 0 Å². The summed E-state index contributed by atoms with van der Waals surface area (Å²) < 4.78 is 2.39. The maximum absolute atomic E-state index is 2.39. The number of nitrogens with zero attached hydrogens (tertiary/aromatic N) is 1. The lowest BCUT2D eigenvalue weighted by Gasteiger charge is -2.18. The first kappa shape index (κ1) is 29.7. The number of hydrogen-bond acceptors (Lipinski definition) is 0. The van der Waals surface area contributed by atoms with Crippen molar-refractivity contribution in [2.24, 2.45) is 0 Å². The summed E-state index contributed by atoms with van der Waals surface area (Å²) in [6.07, 6.45) is 0. The molecule has 0 spiro atoms. The van der Waals surface area contributed by atoms with Crippen LogP contribution in [0.25, 0.3) is 60.9 Å². The summed E-state index contributed by atoms with van der Waals surface area (Å²) in [5, 5.41) is 2.55. The lowest BCUT2D eigenvalue weighted by atomic mass is 9.37. The highest BCUT2D eigenvalue weighted by Gasteiger charge is 2.22. The Balaban J connectivity index is 1.09.